The molecule has 2 aromatic rings. The van der Waals surface area contributed by atoms with Crippen LogP contribution in [0.3, 0.4) is 0 Å². The summed E-state index contributed by atoms with van der Waals surface area (Å²) in [6.45, 7) is 8.17. The lowest BCUT2D eigenvalue weighted by Gasteiger charge is -2.63. The van der Waals surface area contributed by atoms with Gasteiger partial charge in [-0.15, -0.1) is 0 Å². The smallest absolute Gasteiger partial charge is 0.0234 e. The number of benzene rings is 2. The van der Waals surface area contributed by atoms with Crippen molar-refractivity contribution in [1.82, 2.24) is 4.90 Å². The molecule has 0 amide bonds. The SMILES string of the molecule is Cc1ccc(CN2CC3(C)CC(c4ccccc4)(C2)C3)cc1. The zero-order valence-corrected chi connectivity index (χ0v) is 13.7. The maximum atomic E-state index is 2.67. The van der Waals surface area contributed by atoms with Crippen molar-refractivity contribution in [2.45, 2.75) is 38.6 Å². The summed E-state index contributed by atoms with van der Waals surface area (Å²) < 4.78 is 0. The minimum Gasteiger partial charge on any atom is -0.298 e. The van der Waals surface area contributed by atoms with E-state index in [1.165, 1.54) is 37.1 Å². The lowest BCUT2D eigenvalue weighted by molar-refractivity contribution is -0.0777. The van der Waals surface area contributed by atoms with Crippen LogP contribution in [-0.2, 0) is 12.0 Å². The van der Waals surface area contributed by atoms with Gasteiger partial charge >= 0.3 is 0 Å². The average molecular weight is 291 g/mol. The molecule has 3 aliphatic rings. The van der Waals surface area contributed by atoms with Gasteiger partial charge in [0.2, 0.25) is 0 Å². The number of fused-ring (bicyclic) bond motifs is 2. The minimum absolute atomic E-state index is 0.402. The highest BCUT2D eigenvalue weighted by Gasteiger charge is 2.57. The molecule has 2 aromatic carbocycles. The lowest BCUT2D eigenvalue weighted by Crippen LogP contribution is -2.63. The Bertz CT molecular complexity index is 650. The molecule has 1 aliphatic carbocycles. The molecule has 0 unspecified atom stereocenters. The van der Waals surface area contributed by atoms with Crippen molar-refractivity contribution in [2.24, 2.45) is 5.41 Å². The number of rotatable bonds is 3. The number of piperidine rings is 2. The Labute approximate surface area is 134 Å². The Balaban J connectivity index is 1.55. The van der Waals surface area contributed by atoms with Crippen LogP contribution >= 0.6 is 0 Å². The first-order valence-corrected chi connectivity index (χ1v) is 8.41. The van der Waals surface area contributed by atoms with Gasteiger partial charge in [0.05, 0.1) is 0 Å². The molecule has 0 radical (unpaired) electrons. The van der Waals surface area contributed by atoms with E-state index >= 15 is 0 Å². The fourth-order valence-electron chi connectivity index (χ4n) is 4.98. The van der Waals surface area contributed by atoms with Gasteiger partial charge in [-0.25, -0.2) is 0 Å². The number of aryl methyl sites for hydroxylation is 1. The molecule has 0 N–H and O–H groups in total. The second-order valence-corrected chi connectivity index (χ2v) is 7.94. The molecule has 5 rings (SSSR count). The van der Waals surface area contributed by atoms with Crippen molar-refractivity contribution in [3.8, 4) is 0 Å². The molecule has 2 aliphatic heterocycles. The third-order valence-electron chi connectivity index (χ3n) is 5.57. The van der Waals surface area contributed by atoms with E-state index in [9.17, 15) is 0 Å². The number of hydrogen-bond acceptors (Lipinski definition) is 1. The van der Waals surface area contributed by atoms with E-state index in [1.54, 1.807) is 5.56 Å². The summed E-state index contributed by atoms with van der Waals surface area (Å²) in [7, 11) is 0. The van der Waals surface area contributed by atoms with Gasteiger partial charge in [-0.3, -0.25) is 4.90 Å². The summed E-state index contributed by atoms with van der Waals surface area (Å²) in [5, 5.41) is 0. The van der Waals surface area contributed by atoms with Gasteiger partial charge in [0.1, 0.15) is 0 Å². The fraction of sp³-hybridized carbons (Fsp3) is 0.429. The second kappa shape index (κ2) is 4.96. The molecule has 3 fully saturated rings. The van der Waals surface area contributed by atoms with Crippen LogP contribution in [0.5, 0.6) is 0 Å². The maximum absolute atomic E-state index is 2.67. The van der Waals surface area contributed by atoms with Crippen LogP contribution in [0.2, 0.25) is 0 Å². The Morgan fingerprint density at radius 2 is 1.59 bits per heavy atom. The summed E-state index contributed by atoms with van der Waals surface area (Å²) in [4.78, 5) is 2.67. The molecule has 0 spiro atoms. The zero-order valence-electron chi connectivity index (χ0n) is 13.7. The lowest BCUT2D eigenvalue weighted by atomic mass is 9.48. The average Bonchev–Trinajstić information content (AvgIpc) is 2.49. The van der Waals surface area contributed by atoms with Crippen LogP contribution in [0.15, 0.2) is 54.6 Å². The first-order valence-electron chi connectivity index (χ1n) is 8.41. The molecule has 22 heavy (non-hydrogen) atoms. The molecule has 114 valence electrons. The molecule has 2 bridgehead atoms. The van der Waals surface area contributed by atoms with Crippen LogP contribution in [0.1, 0.15) is 36.5 Å². The van der Waals surface area contributed by atoms with Gasteiger partial charge in [0.25, 0.3) is 0 Å². The van der Waals surface area contributed by atoms with Crippen molar-refractivity contribution < 1.29 is 0 Å². The van der Waals surface area contributed by atoms with Gasteiger partial charge in [-0.05, 0) is 36.3 Å². The Morgan fingerprint density at radius 3 is 2.27 bits per heavy atom. The molecule has 2 saturated heterocycles. The fourth-order valence-corrected chi connectivity index (χ4v) is 4.98. The van der Waals surface area contributed by atoms with Crippen LogP contribution in [0.25, 0.3) is 0 Å². The molecule has 0 aromatic heterocycles. The van der Waals surface area contributed by atoms with Gasteiger partial charge in [-0.2, -0.15) is 0 Å². The summed E-state index contributed by atoms with van der Waals surface area (Å²) in [6.07, 6.45) is 2.71. The summed E-state index contributed by atoms with van der Waals surface area (Å²) in [6, 6.07) is 20.2. The summed E-state index contributed by atoms with van der Waals surface area (Å²) >= 11 is 0. The first-order chi connectivity index (χ1) is 10.6. The Hall–Kier alpha value is -1.60. The Kier molecular flexibility index (Phi) is 3.16. The normalized spacial score (nSPS) is 30.8. The van der Waals surface area contributed by atoms with Gasteiger partial charge < -0.3 is 0 Å². The predicted octanol–water partition coefficient (Wildman–Crippen LogP) is 4.55. The number of nitrogens with zero attached hydrogens (tertiary/aromatic N) is 1. The Morgan fingerprint density at radius 1 is 0.909 bits per heavy atom. The minimum atomic E-state index is 0.402. The quantitative estimate of drug-likeness (QED) is 0.802. The van der Waals surface area contributed by atoms with E-state index in [1.807, 2.05) is 0 Å². The maximum Gasteiger partial charge on any atom is 0.0234 e. The molecule has 2 heterocycles. The highest BCUT2D eigenvalue weighted by molar-refractivity contribution is 5.33. The molecule has 0 atom stereocenters. The largest absolute Gasteiger partial charge is 0.298 e. The highest BCUT2D eigenvalue weighted by atomic mass is 15.2. The number of hydrogen-bond donors (Lipinski definition) is 0. The van der Waals surface area contributed by atoms with Crippen LogP contribution in [0, 0.1) is 12.3 Å². The molecular weight excluding hydrogens is 266 g/mol. The predicted molar refractivity (Wildman–Crippen MR) is 91.9 cm³/mol. The van der Waals surface area contributed by atoms with Gasteiger partial charge in [0, 0.05) is 25.0 Å². The summed E-state index contributed by atoms with van der Waals surface area (Å²) in [5.41, 5.74) is 5.25. The molecule has 1 heteroatoms. The van der Waals surface area contributed by atoms with Crippen molar-refractivity contribution in [1.29, 1.82) is 0 Å². The third kappa shape index (κ3) is 2.38. The standard InChI is InChI=1S/C21H25N/c1-17-8-10-18(11-9-17)12-22-15-20(2)13-21(14-20,16-22)19-6-4-3-5-7-19/h3-11H,12-16H2,1-2H3. The van der Waals surface area contributed by atoms with Crippen LogP contribution < -0.4 is 0 Å². The summed E-state index contributed by atoms with van der Waals surface area (Å²) in [5.74, 6) is 0. The topological polar surface area (TPSA) is 3.24 Å². The van der Waals surface area contributed by atoms with Crippen LogP contribution in [0.4, 0.5) is 0 Å². The van der Waals surface area contributed by atoms with Gasteiger partial charge in [-0.1, -0.05) is 67.1 Å². The van der Waals surface area contributed by atoms with Crippen molar-refractivity contribution in [3.05, 3.63) is 71.3 Å². The zero-order chi connectivity index (χ0) is 15.2. The van der Waals surface area contributed by atoms with E-state index < -0.39 is 0 Å². The van der Waals surface area contributed by atoms with Gasteiger partial charge in [0.15, 0.2) is 0 Å². The molecular formula is C21H25N. The van der Waals surface area contributed by atoms with E-state index in [-0.39, 0.29) is 0 Å². The van der Waals surface area contributed by atoms with Crippen molar-refractivity contribution >= 4 is 0 Å². The van der Waals surface area contributed by atoms with Crippen LogP contribution in [-0.4, -0.2) is 18.0 Å². The van der Waals surface area contributed by atoms with E-state index in [0.717, 1.165) is 6.54 Å². The van der Waals surface area contributed by atoms with E-state index in [0.29, 0.717) is 10.8 Å². The first kappa shape index (κ1) is 14.0. The third-order valence-corrected chi connectivity index (χ3v) is 5.57. The monoisotopic (exact) mass is 291 g/mol. The highest BCUT2D eigenvalue weighted by Crippen LogP contribution is 2.59. The van der Waals surface area contributed by atoms with E-state index in [4.69, 9.17) is 0 Å². The van der Waals surface area contributed by atoms with Crippen molar-refractivity contribution in [2.75, 3.05) is 13.1 Å². The molecule has 1 saturated carbocycles. The van der Waals surface area contributed by atoms with E-state index in [2.05, 4.69) is 73.3 Å². The van der Waals surface area contributed by atoms with Crippen molar-refractivity contribution in [3.63, 3.8) is 0 Å². The molecule has 1 nitrogen and oxygen atoms in total. The second-order valence-electron chi connectivity index (χ2n) is 7.94.